The van der Waals surface area contributed by atoms with Crippen molar-refractivity contribution in [2.75, 3.05) is 19.8 Å². The molecule has 0 N–H and O–H groups in total. The maximum atomic E-state index is 6.34. The van der Waals surface area contributed by atoms with Crippen LogP contribution in [0.15, 0.2) is 0 Å². The molecule has 0 saturated carbocycles. The van der Waals surface area contributed by atoms with Crippen LogP contribution < -0.4 is 0 Å². The van der Waals surface area contributed by atoms with Gasteiger partial charge in [-0.15, -0.1) is 0 Å². The fraction of sp³-hybridized carbons (Fsp3) is 1.00. The molecule has 0 radical (unpaired) electrons. The molecule has 31 heavy (non-hydrogen) atoms. The van der Waals surface area contributed by atoms with Crippen molar-refractivity contribution >= 4 is 7.32 Å². The molecular weight excluding hydrogens is 395 g/mol. The smallest absolute Gasteiger partial charge is 0.381 e. The lowest BCUT2D eigenvalue weighted by Gasteiger charge is -2.37. The Morgan fingerprint density at radius 1 is 0.484 bits per heavy atom. The molecule has 0 spiro atoms. The van der Waals surface area contributed by atoms with Crippen LogP contribution in [0.25, 0.3) is 0 Å². The first-order valence-electron chi connectivity index (χ1n) is 11.9. The number of hydrogen-bond acceptors (Lipinski definition) is 6. The topological polar surface area (TPSA) is 55.4 Å². The van der Waals surface area contributed by atoms with Gasteiger partial charge in [0.1, 0.15) is 0 Å². The van der Waals surface area contributed by atoms with Gasteiger partial charge in [0.05, 0.1) is 35.1 Å². The van der Waals surface area contributed by atoms with E-state index >= 15 is 0 Å². The summed E-state index contributed by atoms with van der Waals surface area (Å²) < 4.78 is 36.2. The third-order valence-electron chi connectivity index (χ3n) is 4.71. The van der Waals surface area contributed by atoms with Gasteiger partial charge in [-0.3, -0.25) is 0 Å². The van der Waals surface area contributed by atoms with Gasteiger partial charge in [0.2, 0.25) is 0 Å². The zero-order chi connectivity index (χ0) is 24.3. The van der Waals surface area contributed by atoms with Crippen LogP contribution in [-0.4, -0.2) is 62.3 Å². The van der Waals surface area contributed by atoms with Gasteiger partial charge in [-0.05, 0) is 102 Å². The van der Waals surface area contributed by atoms with Gasteiger partial charge >= 0.3 is 7.32 Å². The third-order valence-corrected chi connectivity index (χ3v) is 4.71. The second-order valence-corrected chi connectivity index (χ2v) is 10.9. The number of rotatable bonds is 18. The van der Waals surface area contributed by atoms with E-state index in [0.29, 0.717) is 19.8 Å². The van der Waals surface area contributed by atoms with Crippen molar-refractivity contribution in [3.05, 3.63) is 0 Å². The molecule has 0 aromatic carbocycles. The maximum absolute atomic E-state index is 6.34. The second-order valence-electron chi connectivity index (χ2n) is 10.9. The highest BCUT2D eigenvalue weighted by Crippen LogP contribution is 2.26. The van der Waals surface area contributed by atoms with E-state index in [0.717, 1.165) is 19.3 Å². The van der Waals surface area contributed by atoms with Gasteiger partial charge in [-0.25, -0.2) is 0 Å². The van der Waals surface area contributed by atoms with Crippen molar-refractivity contribution in [1.29, 1.82) is 0 Å². The quantitative estimate of drug-likeness (QED) is 0.248. The van der Waals surface area contributed by atoms with Crippen LogP contribution in [0.4, 0.5) is 0 Å². The molecule has 0 heterocycles. The Morgan fingerprint density at radius 3 is 0.903 bits per heavy atom. The first kappa shape index (κ1) is 30.8. The first-order chi connectivity index (χ1) is 14.0. The van der Waals surface area contributed by atoms with E-state index in [2.05, 4.69) is 0 Å². The van der Waals surface area contributed by atoms with Gasteiger partial charge in [0, 0.05) is 19.8 Å². The van der Waals surface area contributed by atoms with Crippen LogP contribution in [0.3, 0.4) is 0 Å². The van der Waals surface area contributed by atoms with Crippen LogP contribution in [0.1, 0.15) is 102 Å². The molecule has 0 saturated heterocycles. The lowest BCUT2D eigenvalue weighted by molar-refractivity contribution is -0.0863. The van der Waals surface area contributed by atoms with E-state index in [1.54, 1.807) is 0 Å². The summed E-state index contributed by atoms with van der Waals surface area (Å²) >= 11 is 0. The lowest BCUT2D eigenvalue weighted by Crippen LogP contribution is -2.48. The Bertz CT molecular complexity index is 396. The van der Waals surface area contributed by atoms with Crippen LogP contribution in [0.2, 0.25) is 0 Å². The molecule has 0 aromatic rings. The van der Waals surface area contributed by atoms with E-state index in [9.17, 15) is 0 Å². The fourth-order valence-electron chi connectivity index (χ4n) is 2.65. The van der Waals surface area contributed by atoms with E-state index < -0.39 is 24.1 Å². The van der Waals surface area contributed by atoms with Gasteiger partial charge in [-0.1, -0.05) is 0 Å². The summed E-state index contributed by atoms with van der Waals surface area (Å²) in [5.41, 5.74) is -1.39. The fourth-order valence-corrected chi connectivity index (χ4v) is 2.65. The van der Waals surface area contributed by atoms with Gasteiger partial charge in [0.15, 0.2) is 0 Å². The van der Waals surface area contributed by atoms with Crippen molar-refractivity contribution < 1.29 is 28.2 Å². The highest BCUT2D eigenvalue weighted by atomic mass is 16.8. The minimum atomic E-state index is -0.808. The molecule has 0 atom stereocenters. The van der Waals surface area contributed by atoms with Crippen LogP contribution >= 0.6 is 0 Å². The second kappa shape index (κ2) is 14.2. The average molecular weight is 446 g/mol. The Balaban J connectivity index is 5.13. The van der Waals surface area contributed by atoms with Crippen LogP contribution in [0.5, 0.6) is 0 Å². The van der Waals surface area contributed by atoms with Crippen molar-refractivity contribution in [3.8, 4) is 0 Å². The molecule has 6 nitrogen and oxygen atoms in total. The Kier molecular flexibility index (Phi) is 14.1. The Morgan fingerprint density at radius 2 is 0.710 bits per heavy atom. The van der Waals surface area contributed by atoms with Crippen molar-refractivity contribution in [1.82, 2.24) is 0 Å². The maximum Gasteiger partial charge on any atom is 0.640 e. The molecule has 7 heteroatoms. The average Bonchev–Trinajstić information content (AvgIpc) is 2.51. The van der Waals surface area contributed by atoms with Gasteiger partial charge in [-0.2, -0.15) is 0 Å². The molecule has 0 rings (SSSR count). The highest BCUT2D eigenvalue weighted by molar-refractivity contribution is 6.36. The van der Waals surface area contributed by atoms with Gasteiger partial charge < -0.3 is 28.2 Å². The summed E-state index contributed by atoms with van der Waals surface area (Å²) in [6, 6.07) is 0. The predicted octanol–water partition coefficient (Wildman–Crippen LogP) is 5.80. The van der Waals surface area contributed by atoms with E-state index in [1.165, 1.54) is 0 Å². The molecule has 0 bridgehead atoms. The molecule has 0 aliphatic rings. The number of hydrogen-bond donors (Lipinski definition) is 0. The first-order valence-corrected chi connectivity index (χ1v) is 11.9. The third kappa shape index (κ3) is 18.0. The minimum Gasteiger partial charge on any atom is -0.381 e. The molecule has 186 valence electrons. The minimum absolute atomic E-state index is 0.193. The molecule has 0 aliphatic carbocycles. The lowest BCUT2D eigenvalue weighted by atomic mass is 9.97. The zero-order valence-electron chi connectivity index (χ0n) is 22.5. The molecule has 0 aromatic heterocycles. The molecule has 0 amide bonds. The highest BCUT2D eigenvalue weighted by Gasteiger charge is 2.40. The standard InChI is InChI=1S/C24H51BO6/c1-19(2)26-16-13-22(7,8)29-25(30-23(9,10)14-17-27-20(3)4)31-24(11,12)15-18-28-21(5)6/h19-21H,13-18H2,1-12H3. The monoisotopic (exact) mass is 446 g/mol. The SMILES string of the molecule is CC(C)OCCC(C)(C)OB(OC(C)(C)CCOC(C)C)OC(C)(C)CCOC(C)C. The molecule has 0 aliphatic heterocycles. The van der Waals surface area contributed by atoms with Crippen LogP contribution in [-0.2, 0) is 28.2 Å². The van der Waals surface area contributed by atoms with Crippen molar-refractivity contribution in [2.45, 2.75) is 137 Å². The molecule has 0 fully saturated rings. The Hall–Kier alpha value is -0.175. The van der Waals surface area contributed by atoms with Crippen molar-refractivity contribution in [3.63, 3.8) is 0 Å². The van der Waals surface area contributed by atoms with Crippen molar-refractivity contribution in [2.24, 2.45) is 0 Å². The molecular formula is C24H51BO6. The summed E-state index contributed by atoms with van der Waals surface area (Å²) in [4.78, 5) is 0. The zero-order valence-corrected chi connectivity index (χ0v) is 22.5. The molecule has 0 unspecified atom stereocenters. The summed E-state index contributed by atoms with van der Waals surface area (Å²) in [5.74, 6) is 0. The van der Waals surface area contributed by atoms with E-state index in [-0.39, 0.29) is 18.3 Å². The Labute approximate surface area is 193 Å². The van der Waals surface area contributed by atoms with Crippen LogP contribution in [0, 0.1) is 0 Å². The summed E-state index contributed by atoms with van der Waals surface area (Å²) in [7, 11) is -0.808. The summed E-state index contributed by atoms with van der Waals surface area (Å²) in [6.45, 7) is 26.3. The van der Waals surface area contributed by atoms with E-state index in [1.807, 2.05) is 83.1 Å². The largest absolute Gasteiger partial charge is 0.640 e. The van der Waals surface area contributed by atoms with Gasteiger partial charge in [0.25, 0.3) is 0 Å². The normalized spacial score (nSPS) is 13.6. The summed E-state index contributed by atoms with van der Waals surface area (Å²) in [6.07, 6.45) is 2.80. The predicted molar refractivity (Wildman–Crippen MR) is 128 cm³/mol. The van der Waals surface area contributed by atoms with E-state index in [4.69, 9.17) is 28.2 Å². The summed E-state index contributed by atoms with van der Waals surface area (Å²) in [5, 5.41) is 0. The number of ether oxygens (including phenoxy) is 3.